The number of ether oxygens (including phenoxy) is 2. The Hall–Kier alpha value is -0.320. The van der Waals surface area contributed by atoms with E-state index in [9.17, 15) is 30.6 Å². The molecule has 0 saturated carbocycles. The van der Waals surface area contributed by atoms with Crippen LogP contribution in [0.5, 0.6) is 0 Å². The summed E-state index contributed by atoms with van der Waals surface area (Å²) in [6, 6.07) is 0. The van der Waals surface area contributed by atoms with E-state index in [0.29, 0.717) is 6.42 Å². The maximum atomic E-state index is 10.1. The van der Waals surface area contributed by atoms with Gasteiger partial charge in [-0.2, -0.15) is 0 Å². The summed E-state index contributed by atoms with van der Waals surface area (Å²) in [4.78, 5) is 0. The molecule has 8 nitrogen and oxygen atoms in total. The Labute approximate surface area is 193 Å². The first-order valence-corrected chi connectivity index (χ1v) is 12.7. The fourth-order valence-electron chi connectivity index (χ4n) is 4.09. The zero-order valence-corrected chi connectivity index (χ0v) is 19.9. The molecule has 6 N–H and O–H groups in total. The van der Waals surface area contributed by atoms with Crippen molar-refractivity contribution in [2.24, 2.45) is 0 Å². The second-order valence-corrected chi connectivity index (χ2v) is 9.17. The lowest BCUT2D eigenvalue weighted by Gasteiger charge is -2.39. The molecule has 0 aliphatic carbocycles. The Morgan fingerprint density at radius 3 is 1.72 bits per heavy atom. The van der Waals surface area contributed by atoms with Crippen LogP contribution in [0.4, 0.5) is 0 Å². The van der Waals surface area contributed by atoms with Crippen LogP contribution in [0.1, 0.15) is 96.8 Å². The summed E-state index contributed by atoms with van der Waals surface area (Å²) in [6.45, 7) is 1.71. The highest BCUT2D eigenvalue weighted by Gasteiger charge is 2.44. The fourth-order valence-corrected chi connectivity index (χ4v) is 4.09. The molecule has 8 heteroatoms. The van der Waals surface area contributed by atoms with Crippen molar-refractivity contribution in [1.82, 2.24) is 0 Å². The molecule has 0 bridgehead atoms. The Kier molecular flexibility index (Phi) is 16.8. The number of aliphatic hydroxyl groups is 6. The minimum absolute atomic E-state index is 0.000633. The average Bonchev–Trinajstić information content (AvgIpc) is 2.79. The summed E-state index contributed by atoms with van der Waals surface area (Å²) in [5.74, 6) is 0. The van der Waals surface area contributed by atoms with Crippen molar-refractivity contribution in [2.45, 2.75) is 140 Å². The van der Waals surface area contributed by atoms with E-state index in [4.69, 9.17) is 9.47 Å². The molecule has 1 fully saturated rings. The van der Waals surface area contributed by atoms with E-state index in [1.165, 1.54) is 57.8 Å². The van der Waals surface area contributed by atoms with Gasteiger partial charge in [0.2, 0.25) is 0 Å². The highest BCUT2D eigenvalue weighted by atomic mass is 16.7. The molecule has 0 aromatic rings. The Bertz CT molecular complexity index is 436. The topological polar surface area (TPSA) is 140 Å². The number of rotatable bonds is 19. The van der Waals surface area contributed by atoms with Crippen LogP contribution in [0.15, 0.2) is 0 Å². The summed E-state index contributed by atoms with van der Waals surface area (Å²) < 4.78 is 10.6. The van der Waals surface area contributed by atoms with E-state index >= 15 is 0 Å². The molecule has 7 atom stereocenters. The van der Waals surface area contributed by atoms with Crippen molar-refractivity contribution >= 4 is 0 Å². The van der Waals surface area contributed by atoms with E-state index in [1.807, 2.05) is 0 Å². The van der Waals surface area contributed by atoms with E-state index in [-0.39, 0.29) is 13.0 Å². The van der Waals surface area contributed by atoms with Crippen LogP contribution in [-0.4, -0.2) is 86.8 Å². The summed E-state index contributed by atoms with van der Waals surface area (Å²) in [7, 11) is 0. The van der Waals surface area contributed by atoms with Gasteiger partial charge in [-0.15, -0.1) is 0 Å². The van der Waals surface area contributed by atoms with Gasteiger partial charge in [-0.3, -0.25) is 0 Å². The lowest BCUT2D eigenvalue weighted by Crippen LogP contribution is -2.59. The summed E-state index contributed by atoms with van der Waals surface area (Å²) in [5, 5.41) is 58.8. The van der Waals surface area contributed by atoms with Crippen LogP contribution in [0, 0.1) is 0 Å². The van der Waals surface area contributed by atoms with E-state index in [2.05, 4.69) is 6.92 Å². The van der Waals surface area contributed by atoms with Crippen molar-refractivity contribution in [3.63, 3.8) is 0 Å². The zero-order valence-electron chi connectivity index (χ0n) is 19.9. The number of unbranched alkanes of at least 4 members (excludes halogenated alkanes) is 11. The average molecular weight is 465 g/mol. The molecule has 1 heterocycles. The molecule has 0 aromatic heterocycles. The van der Waals surface area contributed by atoms with Crippen LogP contribution in [0.2, 0.25) is 0 Å². The summed E-state index contributed by atoms with van der Waals surface area (Å²) in [6.07, 6.45) is 7.17. The van der Waals surface area contributed by atoms with Crippen molar-refractivity contribution in [3.05, 3.63) is 0 Å². The maximum Gasteiger partial charge on any atom is 0.186 e. The smallest absolute Gasteiger partial charge is 0.186 e. The lowest BCUT2D eigenvalue weighted by molar-refractivity contribution is -0.302. The Morgan fingerprint density at radius 1 is 0.688 bits per heavy atom. The summed E-state index contributed by atoms with van der Waals surface area (Å²) in [5.41, 5.74) is 0. The SMILES string of the molecule is CCCCCCCCCCCCCCC(O)C(O)CCOC1OC(CO)C(O)C(O)C1O. The van der Waals surface area contributed by atoms with Crippen LogP contribution in [0.3, 0.4) is 0 Å². The van der Waals surface area contributed by atoms with E-state index < -0.39 is 49.5 Å². The van der Waals surface area contributed by atoms with E-state index in [1.54, 1.807) is 0 Å². The molecule has 32 heavy (non-hydrogen) atoms. The van der Waals surface area contributed by atoms with Gasteiger partial charge in [0.25, 0.3) is 0 Å². The predicted octanol–water partition coefficient (Wildman–Crippen LogP) is 2.01. The second-order valence-electron chi connectivity index (χ2n) is 9.17. The molecule has 192 valence electrons. The quantitative estimate of drug-likeness (QED) is 0.160. The first-order valence-electron chi connectivity index (χ1n) is 12.7. The third kappa shape index (κ3) is 11.7. The molecule has 0 amide bonds. The molecular weight excluding hydrogens is 416 g/mol. The van der Waals surface area contributed by atoms with Crippen molar-refractivity contribution in [1.29, 1.82) is 0 Å². The fraction of sp³-hybridized carbons (Fsp3) is 1.00. The largest absolute Gasteiger partial charge is 0.394 e. The minimum Gasteiger partial charge on any atom is -0.394 e. The molecule has 0 aromatic carbocycles. The zero-order chi connectivity index (χ0) is 23.8. The first kappa shape index (κ1) is 29.7. The van der Waals surface area contributed by atoms with Crippen molar-refractivity contribution in [3.8, 4) is 0 Å². The third-order valence-corrected chi connectivity index (χ3v) is 6.34. The first-order chi connectivity index (χ1) is 15.4. The van der Waals surface area contributed by atoms with Gasteiger partial charge in [0.05, 0.1) is 25.4 Å². The van der Waals surface area contributed by atoms with Crippen LogP contribution in [-0.2, 0) is 9.47 Å². The third-order valence-electron chi connectivity index (χ3n) is 6.34. The van der Waals surface area contributed by atoms with E-state index in [0.717, 1.165) is 19.3 Å². The standard InChI is InChI=1S/C24H48O8/c1-2-3-4-5-6-7-8-9-10-11-12-13-14-18(26)19(27)15-16-31-24-23(30)22(29)21(28)20(17-25)32-24/h18-30H,2-17H2,1H3. The highest BCUT2D eigenvalue weighted by molar-refractivity contribution is 4.88. The molecule has 1 saturated heterocycles. The van der Waals surface area contributed by atoms with Gasteiger partial charge in [-0.25, -0.2) is 0 Å². The molecule has 0 spiro atoms. The molecule has 1 rings (SSSR count). The normalized spacial score (nSPS) is 28.0. The van der Waals surface area contributed by atoms with Crippen LogP contribution >= 0.6 is 0 Å². The van der Waals surface area contributed by atoms with Gasteiger partial charge in [0.1, 0.15) is 24.4 Å². The molecule has 7 unspecified atom stereocenters. The molecule has 1 aliphatic rings. The van der Waals surface area contributed by atoms with Crippen LogP contribution in [0.25, 0.3) is 0 Å². The van der Waals surface area contributed by atoms with Gasteiger partial charge in [-0.05, 0) is 12.8 Å². The van der Waals surface area contributed by atoms with Gasteiger partial charge < -0.3 is 40.1 Å². The molecular formula is C24H48O8. The van der Waals surface area contributed by atoms with Crippen molar-refractivity contribution < 1.29 is 40.1 Å². The number of hydrogen-bond donors (Lipinski definition) is 6. The lowest BCUT2D eigenvalue weighted by atomic mass is 9.99. The summed E-state index contributed by atoms with van der Waals surface area (Å²) >= 11 is 0. The second kappa shape index (κ2) is 18.1. The maximum absolute atomic E-state index is 10.1. The Morgan fingerprint density at radius 2 is 1.19 bits per heavy atom. The minimum atomic E-state index is -1.49. The highest BCUT2D eigenvalue weighted by Crippen LogP contribution is 2.22. The Balaban J connectivity index is 2.03. The van der Waals surface area contributed by atoms with Gasteiger partial charge in [0.15, 0.2) is 6.29 Å². The van der Waals surface area contributed by atoms with Crippen molar-refractivity contribution in [2.75, 3.05) is 13.2 Å². The molecule has 0 radical (unpaired) electrons. The predicted molar refractivity (Wildman–Crippen MR) is 122 cm³/mol. The van der Waals surface area contributed by atoms with Crippen LogP contribution < -0.4 is 0 Å². The number of aliphatic hydroxyl groups excluding tert-OH is 6. The monoisotopic (exact) mass is 464 g/mol. The van der Waals surface area contributed by atoms with Gasteiger partial charge in [0, 0.05) is 0 Å². The number of hydrogen-bond acceptors (Lipinski definition) is 8. The van der Waals surface area contributed by atoms with Gasteiger partial charge in [-0.1, -0.05) is 84.0 Å². The van der Waals surface area contributed by atoms with Gasteiger partial charge >= 0.3 is 0 Å². The molecule has 1 aliphatic heterocycles.